The normalized spacial score (nSPS) is 11.2. The first kappa shape index (κ1) is 15.0. The number of nitrogens with zero attached hydrogens (tertiary/aromatic N) is 1. The van der Waals surface area contributed by atoms with E-state index in [4.69, 9.17) is 16.7 Å². The lowest BCUT2D eigenvalue weighted by Crippen LogP contribution is -2.20. The zero-order chi connectivity index (χ0) is 14.8. The second-order valence-electron chi connectivity index (χ2n) is 3.27. The number of carboxylic acids is 1. The maximum Gasteiger partial charge on any atom is 0.422 e. The SMILES string of the molecule is O=C(O)c1cc([N+](=O)[O-])cc(Cl)c1OCC(F)(F)F. The molecule has 6 nitrogen and oxygen atoms in total. The van der Waals surface area contributed by atoms with Gasteiger partial charge in [0.1, 0.15) is 5.56 Å². The molecule has 0 aliphatic heterocycles. The Morgan fingerprint density at radius 2 is 2.05 bits per heavy atom. The summed E-state index contributed by atoms with van der Waals surface area (Å²) in [6.07, 6.45) is -4.69. The highest BCUT2D eigenvalue weighted by Crippen LogP contribution is 2.34. The van der Waals surface area contributed by atoms with E-state index in [-0.39, 0.29) is 0 Å². The van der Waals surface area contributed by atoms with Gasteiger partial charge in [-0.25, -0.2) is 4.79 Å². The molecule has 0 radical (unpaired) electrons. The van der Waals surface area contributed by atoms with E-state index in [0.717, 1.165) is 0 Å². The molecule has 0 atom stereocenters. The minimum atomic E-state index is -4.69. The summed E-state index contributed by atoms with van der Waals surface area (Å²) < 4.78 is 40.2. The van der Waals surface area contributed by atoms with Crippen molar-refractivity contribution in [2.45, 2.75) is 6.18 Å². The van der Waals surface area contributed by atoms with Gasteiger partial charge in [0.25, 0.3) is 5.69 Å². The van der Waals surface area contributed by atoms with Gasteiger partial charge in [0.05, 0.1) is 9.95 Å². The first-order chi connectivity index (χ1) is 8.61. The maximum atomic E-state index is 12.0. The van der Waals surface area contributed by atoms with Gasteiger partial charge in [0, 0.05) is 12.1 Å². The summed E-state index contributed by atoms with van der Waals surface area (Å²) in [7, 11) is 0. The molecule has 1 aromatic carbocycles. The van der Waals surface area contributed by atoms with Crippen molar-refractivity contribution in [1.82, 2.24) is 0 Å². The van der Waals surface area contributed by atoms with Gasteiger partial charge in [0.2, 0.25) is 0 Å². The molecule has 0 amide bonds. The molecule has 1 aromatic rings. The molecule has 0 fully saturated rings. The number of carboxylic acid groups (broad SMARTS) is 1. The highest BCUT2D eigenvalue weighted by Gasteiger charge is 2.30. The topological polar surface area (TPSA) is 89.7 Å². The number of nitro benzene ring substituents is 1. The summed E-state index contributed by atoms with van der Waals surface area (Å²) >= 11 is 5.49. The molecule has 0 saturated heterocycles. The summed E-state index contributed by atoms with van der Waals surface area (Å²) in [6.45, 7) is -1.76. The molecule has 0 aromatic heterocycles. The molecular formula is C9H5ClF3NO5. The van der Waals surface area contributed by atoms with E-state index < -0.39 is 45.7 Å². The van der Waals surface area contributed by atoms with Crippen molar-refractivity contribution in [3.8, 4) is 5.75 Å². The molecule has 0 heterocycles. The molecule has 19 heavy (non-hydrogen) atoms. The number of non-ortho nitro benzene ring substituents is 1. The summed E-state index contributed by atoms with van der Waals surface area (Å²) in [6, 6.07) is 1.28. The minimum Gasteiger partial charge on any atom is -0.482 e. The Labute approximate surface area is 108 Å². The predicted molar refractivity (Wildman–Crippen MR) is 56.6 cm³/mol. The number of halogens is 4. The van der Waals surface area contributed by atoms with Crippen LogP contribution < -0.4 is 4.74 Å². The van der Waals surface area contributed by atoms with Crippen LogP contribution in [0.5, 0.6) is 5.75 Å². The largest absolute Gasteiger partial charge is 0.482 e. The fraction of sp³-hybridized carbons (Fsp3) is 0.222. The molecule has 1 rings (SSSR count). The van der Waals surface area contributed by atoms with Crippen molar-refractivity contribution < 1.29 is 32.7 Å². The van der Waals surface area contributed by atoms with E-state index in [1.165, 1.54) is 0 Å². The van der Waals surface area contributed by atoms with Gasteiger partial charge >= 0.3 is 12.1 Å². The molecule has 0 aliphatic carbocycles. The van der Waals surface area contributed by atoms with Gasteiger partial charge < -0.3 is 9.84 Å². The van der Waals surface area contributed by atoms with Crippen LogP contribution in [0.25, 0.3) is 0 Å². The number of nitro groups is 1. The van der Waals surface area contributed by atoms with E-state index in [0.29, 0.717) is 12.1 Å². The van der Waals surface area contributed by atoms with Gasteiger partial charge in [-0.05, 0) is 0 Å². The van der Waals surface area contributed by atoms with Crippen LogP contribution >= 0.6 is 11.6 Å². The van der Waals surface area contributed by atoms with Crippen LogP contribution in [0.1, 0.15) is 10.4 Å². The molecule has 0 bridgehead atoms. The molecule has 1 N–H and O–H groups in total. The summed E-state index contributed by atoms with van der Waals surface area (Å²) in [5.74, 6) is -2.46. The van der Waals surface area contributed by atoms with Crippen LogP contribution in [-0.4, -0.2) is 28.8 Å². The number of hydrogen-bond donors (Lipinski definition) is 1. The summed E-state index contributed by atoms with van der Waals surface area (Å²) in [5, 5.41) is 18.7. The van der Waals surface area contributed by atoms with Crippen molar-refractivity contribution >= 4 is 23.3 Å². The molecule has 10 heteroatoms. The molecular weight excluding hydrogens is 295 g/mol. The summed E-state index contributed by atoms with van der Waals surface area (Å²) in [4.78, 5) is 20.4. The van der Waals surface area contributed by atoms with Gasteiger partial charge in [-0.3, -0.25) is 10.1 Å². The molecule has 0 aliphatic rings. The lowest BCUT2D eigenvalue weighted by Gasteiger charge is -2.12. The van der Waals surface area contributed by atoms with E-state index in [1.807, 2.05) is 0 Å². The third-order valence-electron chi connectivity index (χ3n) is 1.85. The van der Waals surface area contributed by atoms with Crippen LogP contribution in [0.2, 0.25) is 5.02 Å². The van der Waals surface area contributed by atoms with Crippen molar-refractivity contribution in [2.75, 3.05) is 6.61 Å². The fourth-order valence-corrected chi connectivity index (χ4v) is 1.41. The minimum absolute atomic E-state index is 0.569. The zero-order valence-electron chi connectivity index (χ0n) is 8.90. The quantitative estimate of drug-likeness (QED) is 0.682. The lowest BCUT2D eigenvalue weighted by molar-refractivity contribution is -0.384. The number of benzene rings is 1. The summed E-state index contributed by atoms with van der Waals surface area (Å²) in [5.41, 5.74) is -1.48. The van der Waals surface area contributed by atoms with Crippen molar-refractivity contribution in [3.05, 3.63) is 32.8 Å². The molecule has 0 unspecified atom stereocenters. The first-order valence-electron chi connectivity index (χ1n) is 4.52. The number of alkyl halides is 3. The second-order valence-corrected chi connectivity index (χ2v) is 3.68. The van der Waals surface area contributed by atoms with Gasteiger partial charge in [-0.15, -0.1) is 0 Å². The van der Waals surface area contributed by atoms with Crippen molar-refractivity contribution in [1.29, 1.82) is 0 Å². The Morgan fingerprint density at radius 1 is 1.47 bits per heavy atom. The van der Waals surface area contributed by atoms with Crippen molar-refractivity contribution in [2.24, 2.45) is 0 Å². The lowest BCUT2D eigenvalue weighted by atomic mass is 10.2. The average Bonchev–Trinajstić information content (AvgIpc) is 2.24. The monoisotopic (exact) mass is 299 g/mol. The maximum absolute atomic E-state index is 12.0. The van der Waals surface area contributed by atoms with E-state index >= 15 is 0 Å². The van der Waals surface area contributed by atoms with Crippen LogP contribution in [0.15, 0.2) is 12.1 Å². The average molecular weight is 300 g/mol. The van der Waals surface area contributed by atoms with Gasteiger partial charge in [-0.1, -0.05) is 11.6 Å². The third kappa shape index (κ3) is 3.98. The molecule has 104 valence electrons. The number of hydrogen-bond acceptors (Lipinski definition) is 4. The number of ether oxygens (including phenoxy) is 1. The van der Waals surface area contributed by atoms with Crippen LogP contribution in [0.4, 0.5) is 18.9 Å². The number of rotatable bonds is 4. The molecule has 0 saturated carbocycles. The standard InChI is InChI=1S/C9H5ClF3NO5/c10-6-2-4(14(17)18)1-5(8(15)16)7(6)19-3-9(11,12)13/h1-2H,3H2,(H,15,16). The Balaban J connectivity index is 3.23. The Kier molecular flexibility index (Phi) is 4.20. The smallest absolute Gasteiger partial charge is 0.422 e. The fourth-order valence-electron chi connectivity index (χ4n) is 1.14. The van der Waals surface area contributed by atoms with E-state index in [9.17, 15) is 28.1 Å². The Bertz CT molecular complexity index is 531. The van der Waals surface area contributed by atoms with E-state index in [1.54, 1.807) is 0 Å². The van der Waals surface area contributed by atoms with Gasteiger partial charge in [0.15, 0.2) is 12.4 Å². The van der Waals surface area contributed by atoms with Crippen LogP contribution in [0, 0.1) is 10.1 Å². The second kappa shape index (κ2) is 5.31. The van der Waals surface area contributed by atoms with Crippen LogP contribution in [0.3, 0.4) is 0 Å². The predicted octanol–water partition coefficient (Wildman–Crippen LogP) is 2.89. The highest BCUT2D eigenvalue weighted by atomic mass is 35.5. The van der Waals surface area contributed by atoms with Crippen molar-refractivity contribution in [3.63, 3.8) is 0 Å². The third-order valence-corrected chi connectivity index (χ3v) is 2.13. The van der Waals surface area contributed by atoms with Crippen LogP contribution in [-0.2, 0) is 0 Å². The number of aromatic carboxylic acids is 1. The highest BCUT2D eigenvalue weighted by molar-refractivity contribution is 6.32. The molecule has 0 spiro atoms. The first-order valence-corrected chi connectivity index (χ1v) is 4.90. The Hall–Kier alpha value is -2.03. The van der Waals surface area contributed by atoms with E-state index in [2.05, 4.69) is 4.74 Å². The van der Waals surface area contributed by atoms with Gasteiger partial charge in [-0.2, -0.15) is 13.2 Å². The number of carbonyl (C=O) groups is 1. The Morgan fingerprint density at radius 3 is 2.47 bits per heavy atom. The zero-order valence-corrected chi connectivity index (χ0v) is 9.66.